The average Bonchev–Trinajstić information content (AvgIpc) is 3.44. The molecule has 4 nitrogen and oxygen atoms in total. The van der Waals surface area contributed by atoms with Gasteiger partial charge in [0.15, 0.2) is 12.6 Å². The summed E-state index contributed by atoms with van der Waals surface area (Å²) >= 11 is 0. The van der Waals surface area contributed by atoms with Crippen LogP contribution in [0, 0.1) is 40.9 Å². The molecule has 0 radical (unpaired) electrons. The minimum atomic E-state index is -0.103. The van der Waals surface area contributed by atoms with Gasteiger partial charge < -0.3 is 18.9 Å². The van der Waals surface area contributed by atoms with E-state index >= 15 is 0 Å². The van der Waals surface area contributed by atoms with Crippen LogP contribution in [0.2, 0.25) is 0 Å². The van der Waals surface area contributed by atoms with Crippen LogP contribution in [0.3, 0.4) is 0 Å². The van der Waals surface area contributed by atoms with Gasteiger partial charge >= 0.3 is 0 Å². The van der Waals surface area contributed by atoms with Crippen LogP contribution in [0.4, 0.5) is 0 Å². The Balaban J connectivity index is 1.05. The molecule has 4 fully saturated rings. The van der Waals surface area contributed by atoms with Crippen molar-refractivity contribution < 1.29 is 18.9 Å². The topological polar surface area (TPSA) is 36.9 Å². The fraction of sp³-hybridized carbons (Fsp3) is 0.810. The van der Waals surface area contributed by atoms with Gasteiger partial charge in [-0.15, -0.1) is 0 Å². The molecule has 4 bridgehead atoms. The molecule has 2 saturated carbocycles. The van der Waals surface area contributed by atoms with Gasteiger partial charge in [0.2, 0.25) is 0 Å². The van der Waals surface area contributed by atoms with Crippen molar-refractivity contribution in [3.63, 3.8) is 0 Å². The summed E-state index contributed by atoms with van der Waals surface area (Å²) in [5.74, 6) is 3.95. The van der Waals surface area contributed by atoms with Crippen molar-refractivity contribution in [1.82, 2.24) is 0 Å². The Kier molecular flexibility index (Phi) is 3.48. The molecule has 1 spiro atoms. The van der Waals surface area contributed by atoms with Crippen molar-refractivity contribution in [2.24, 2.45) is 40.9 Å². The van der Waals surface area contributed by atoms with Crippen LogP contribution in [0.5, 0.6) is 0 Å². The molecule has 0 N–H and O–H groups in total. The van der Waals surface area contributed by atoms with Crippen molar-refractivity contribution in [2.75, 3.05) is 26.4 Å². The summed E-state index contributed by atoms with van der Waals surface area (Å²) in [5, 5.41) is 0. The highest BCUT2D eigenvalue weighted by Crippen LogP contribution is 2.49. The smallest absolute Gasteiger partial charge is 0.160 e. The highest BCUT2D eigenvalue weighted by Gasteiger charge is 2.49. The summed E-state index contributed by atoms with van der Waals surface area (Å²) in [7, 11) is 0. The molecule has 0 aromatic carbocycles. The van der Waals surface area contributed by atoms with Crippen molar-refractivity contribution in [1.29, 1.82) is 0 Å². The molecule has 0 aromatic rings. The second kappa shape index (κ2) is 5.66. The molecule has 6 aliphatic rings. The monoisotopic (exact) mass is 344 g/mol. The number of hydrogen-bond donors (Lipinski definition) is 0. The van der Waals surface area contributed by atoms with E-state index in [4.69, 9.17) is 18.9 Å². The number of rotatable bonds is 2. The lowest BCUT2D eigenvalue weighted by molar-refractivity contribution is -0.321. The summed E-state index contributed by atoms with van der Waals surface area (Å²) in [6.07, 6.45) is 14.5. The molecule has 136 valence electrons. The van der Waals surface area contributed by atoms with Gasteiger partial charge in [0, 0.05) is 11.8 Å². The molecule has 2 aliphatic heterocycles. The second-order valence-corrected chi connectivity index (χ2v) is 9.37. The Morgan fingerprint density at radius 3 is 1.32 bits per heavy atom. The lowest BCUT2D eigenvalue weighted by Gasteiger charge is -2.46. The molecule has 4 aliphatic carbocycles. The molecule has 2 saturated heterocycles. The van der Waals surface area contributed by atoms with Crippen LogP contribution in [0.15, 0.2) is 24.3 Å². The zero-order valence-corrected chi connectivity index (χ0v) is 14.7. The van der Waals surface area contributed by atoms with E-state index < -0.39 is 0 Å². The molecular weight excluding hydrogens is 316 g/mol. The molecule has 0 aromatic heterocycles. The van der Waals surface area contributed by atoms with Gasteiger partial charge in [0.1, 0.15) is 0 Å². The quantitative estimate of drug-likeness (QED) is 0.721. The van der Waals surface area contributed by atoms with Gasteiger partial charge in [-0.05, 0) is 49.4 Å². The first-order chi connectivity index (χ1) is 12.3. The van der Waals surface area contributed by atoms with Gasteiger partial charge in [-0.3, -0.25) is 0 Å². The summed E-state index contributed by atoms with van der Waals surface area (Å²) in [5.41, 5.74) is -0.103. The molecule has 4 heteroatoms. The Morgan fingerprint density at radius 1 is 0.560 bits per heavy atom. The van der Waals surface area contributed by atoms with E-state index in [-0.39, 0.29) is 18.0 Å². The maximum atomic E-state index is 6.19. The SMILES string of the molecule is C1=CC2CC1CC2C1OCC2(CO1)COC(C1CC3C=C[C@@H]1C3)OC2. The van der Waals surface area contributed by atoms with Crippen LogP contribution in [0.25, 0.3) is 0 Å². The molecule has 6 atom stereocenters. The largest absolute Gasteiger partial charge is 0.351 e. The minimum absolute atomic E-state index is 0.0287. The van der Waals surface area contributed by atoms with E-state index in [0.717, 1.165) is 11.8 Å². The van der Waals surface area contributed by atoms with E-state index in [2.05, 4.69) is 24.3 Å². The third-order valence-electron chi connectivity index (χ3n) is 7.57. The van der Waals surface area contributed by atoms with Gasteiger partial charge in [-0.25, -0.2) is 0 Å². The van der Waals surface area contributed by atoms with E-state index in [1.807, 2.05) is 0 Å². The van der Waals surface area contributed by atoms with Gasteiger partial charge in [-0.1, -0.05) is 24.3 Å². The molecule has 2 heterocycles. The summed E-state index contributed by atoms with van der Waals surface area (Å²) in [6, 6.07) is 0. The lowest BCUT2D eigenvalue weighted by Crippen LogP contribution is -2.54. The third kappa shape index (κ3) is 2.48. The Hall–Kier alpha value is -0.680. The van der Waals surface area contributed by atoms with Crippen molar-refractivity contribution in [2.45, 2.75) is 38.3 Å². The van der Waals surface area contributed by atoms with Crippen molar-refractivity contribution in [3.8, 4) is 0 Å². The summed E-state index contributed by atoms with van der Waals surface area (Å²) in [4.78, 5) is 0. The number of ether oxygens (including phenoxy) is 4. The van der Waals surface area contributed by atoms with E-state index in [1.54, 1.807) is 0 Å². The number of hydrogen-bond acceptors (Lipinski definition) is 4. The van der Waals surface area contributed by atoms with E-state index in [1.165, 1.54) is 25.7 Å². The van der Waals surface area contributed by atoms with Gasteiger partial charge in [0.05, 0.1) is 31.8 Å². The summed E-state index contributed by atoms with van der Waals surface area (Å²) in [6.45, 7) is 2.83. The van der Waals surface area contributed by atoms with Gasteiger partial charge in [0.25, 0.3) is 0 Å². The number of allylic oxidation sites excluding steroid dienone is 4. The first kappa shape index (κ1) is 15.4. The predicted molar refractivity (Wildman–Crippen MR) is 91.5 cm³/mol. The highest BCUT2D eigenvalue weighted by molar-refractivity contribution is 5.12. The lowest BCUT2D eigenvalue weighted by atomic mass is 9.87. The maximum absolute atomic E-state index is 6.19. The van der Waals surface area contributed by atoms with E-state index in [0.29, 0.717) is 50.1 Å². The van der Waals surface area contributed by atoms with Crippen LogP contribution in [0.1, 0.15) is 25.7 Å². The first-order valence-electron chi connectivity index (χ1n) is 10.1. The van der Waals surface area contributed by atoms with Crippen LogP contribution in [-0.2, 0) is 18.9 Å². The van der Waals surface area contributed by atoms with Crippen LogP contribution >= 0.6 is 0 Å². The Labute approximate surface area is 149 Å². The minimum Gasteiger partial charge on any atom is -0.351 e. The second-order valence-electron chi connectivity index (χ2n) is 9.37. The highest BCUT2D eigenvalue weighted by atomic mass is 16.7. The molecule has 0 amide bonds. The average molecular weight is 344 g/mol. The standard InChI is InChI=1S/C21H28O4/c1-3-15-5-13(1)7-17(15)19-22-9-21(10-23-19)11-24-20(25-12-21)18-8-14-2-4-16(18)6-14/h1-4,13-20H,5-12H2/t13?,14?,15-,16?,17?,18?,19?,20?,21?/m1/s1. The molecule has 5 unspecified atom stereocenters. The molecule has 25 heavy (non-hydrogen) atoms. The van der Waals surface area contributed by atoms with Gasteiger partial charge in [-0.2, -0.15) is 0 Å². The van der Waals surface area contributed by atoms with Crippen molar-refractivity contribution in [3.05, 3.63) is 24.3 Å². The maximum Gasteiger partial charge on any atom is 0.160 e. The fourth-order valence-electron chi connectivity index (χ4n) is 6.15. The molecular formula is C21H28O4. The zero-order valence-electron chi connectivity index (χ0n) is 14.7. The fourth-order valence-corrected chi connectivity index (χ4v) is 6.15. The van der Waals surface area contributed by atoms with Crippen LogP contribution < -0.4 is 0 Å². The third-order valence-corrected chi connectivity index (χ3v) is 7.57. The molecule has 6 rings (SSSR count). The van der Waals surface area contributed by atoms with Crippen molar-refractivity contribution >= 4 is 0 Å². The van der Waals surface area contributed by atoms with Crippen LogP contribution in [-0.4, -0.2) is 39.0 Å². The van der Waals surface area contributed by atoms with E-state index in [9.17, 15) is 0 Å². The normalized spacial score (nSPS) is 56.3. The summed E-state index contributed by atoms with van der Waals surface area (Å²) < 4.78 is 24.8. The predicted octanol–water partition coefficient (Wildman–Crippen LogP) is 3.14. The first-order valence-corrected chi connectivity index (χ1v) is 10.1. The number of fused-ring (bicyclic) bond motifs is 4. The Bertz CT molecular complexity index is 527. The zero-order chi connectivity index (χ0) is 16.4. The Morgan fingerprint density at radius 2 is 1.00 bits per heavy atom.